The third-order valence-electron chi connectivity index (χ3n) is 6.27. The smallest absolute Gasteiger partial charge is 0.229 e. The number of likely N-dealkylation sites (tertiary alicyclic amines) is 1. The third kappa shape index (κ3) is 3.46. The molecule has 0 radical (unpaired) electrons. The fourth-order valence-corrected chi connectivity index (χ4v) is 4.79. The van der Waals surface area contributed by atoms with Crippen LogP contribution in [0.15, 0.2) is 41.1 Å². The molecule has 2 aliphatic rings. The van der Waals surface area contributed by atoms with Crippen LogP contribution in [0.3, 0.4) is 0 Å². The standard InChI is InChI=1S/C23H27N5O/c1-16(2)22-25-19(27-29-22)14-28-12-6-10-23(15-28)11-9-18-13-24-21(26-20(18)23)17-7-4-3-5-8-17/h3-5,7-8,13,16H,6,9-12,14-15H2,1-2H3. The Bertz CT molecular complexity index is 996. The number of aryl methyl sites for hydroxylation is 1. The number of hydrogen-bond acceptors (Lipinski definition) is 6. The molecule has 1 aliphatic heterocycles. The van der Waals surface area contributed by atoms with Crippen molar-refractivity contribution in [3.05, 3.63) is 59.5 Å². The van der Waals surface area contributed by atoms with Gasteiger partial charge in [0.05, 0.1) is 12.2 Å². The lowest BCUT2D eigenvalue weighted by molar-refractivity contribution is 0.133. The van der Waals surface area contributed by atoms with E-state index in [0.29, 0.717) is 0 Å². The highest BCUT2D eigenvalue weighted by molar-refractivity contribution is 5.55. The predicted molar refractivity (Wildman–Crippen MR) is 110 cm³/mol. The van der Waals surface area contributed by atoms with Gasteiger partial charge in [0.2, 0.25) is 5.89 Å². The van der Waals surface area contributed by atoms with Crippen LogP contribution in [0.5, 0.6) is 0 Å². The topological polar surface area (TPSA) is 67.9 Å². The van der Waals surface area contributed by atoms with Gasteiger partial charge < -0.3 is 4.52 Å². The van der Waals surface area contributed by atoms with E-state index >= 15 is 0 Å². The van der Waals surface area contributed by atoms with Gasteiger partial charge in [0.25, 0.3) is 0 Å². The van der Waals surface area contributed by atoms with Crippen molar-refractivity contribution in [2.75, 3.05) is 13.1 Å². The van der Waals surface area contributed by atoms with Gasteiger partial charge in [-0.2, -0.15) is 4.98 Å². The van der Waals surface area contributed by atoms with Crippen LogP contribution in [0.2, 0.25) is 0 Å². The van der Waals surface area contributed by atoms with Crippen molar-refractivity contribution in [3.63, 3.8) is 0 Å². The number of piperidine rings is 1. The minimum atomic E-state index is 0.116. The monoisotopic (exact) mass is 389 g/mol. The van der Waals surface area contributed by atoms with Crippen molar-refractivity contribution in [1.82, 2.24) is 25.0 Å². The van der Waals surface area contributed by atoms with E-state index in [-0.39, 0.29) is 11.3 Å². The summed E-state index contributed by atoms with van der Waals surface area (Å²) in [5, 5.41) is 4.19. The van der Waals surface area contributed by atoms with Crippen LogP contribution in [-0.4, -0.2) is 38.1 Å². The van der Waals surface area contributed by atoms with E-state index in [2.05, 4.69) is 46.0 Å². The molecule has 5 rings (SSSR count). The maximum atomic E-state index is 5.40. The molecule has 2 aromatic heterocycles. The van der Waals surface area contributed by atoms with Crippen LogP contribution < -0.4 is 0 Å². The molecule has 3 aromatic rings. The van der Waals surface area contributed by atoms with E-state index in [1.807, 2.05) is 24.4 Å². The summed E-state index contributed by atoms with van der Waals surface area (Å²) in [6, 6.07) is 10.3. The minimum Gasteiger partial charge on any atom is -0.339 e. The fourth-order valence-electron chi connectivity index (χ4n) is 4.79. The Kier molecular flexibility index (Phi) is 4.66. The number of hydrogen-bond donors (Lipinski definition) is 0. The Labute approximate surface area is 171 Å². The molecule has 1 atom stereocenters. The first-order valence-corrected chi connectivity index (χ1v) is 10.6. The summed E-state index contributed by atoms with van der Waals surface area (Å²) in [6.07, 6.45) is 6.61. The lowest BCUT2D eigenvalue weighted by atomic mass is 9.77. The zero-order chi connectivity index (χ0) is 19.8. The molecule has 29 heavy (non-hydrogen) atoms. The van der Waals surface area contributed by atoms with Crippen molar-refractivity contribution >= 4 is 0 Å². The van der Waals surface area contributed by atoms with Gasteiger partial charge in [-0.05, 0) is 37.8 Å². The van der Waals surface area contributed by atoms with Crippen LogP contribution >= 0.6 is 0 Å². The third-order valence-corrected chi connectivity index (χ3v) is 6.27. The predicted octanol–water partition coefficient (Wildman–Crippen LogP) is 4.13. The molecular weight excluding hydrogens is 362 g/mol. The molecule has 150 valence electrons. The van der Waals surface area contributed by atoms with Crippen molar-refractivity contribution in [3.8, 4) is 11.4 Å². The van der Waals surface area contributed by atoms with Crippen molar-refractivity contribution in [2.24, 2.45) is 0 Å². The lowest BCUT2D eigenvalue weighted by Crippen LogP contribution is -2.45. The second-order valence-electron chi connectivity index (χ2n) is 8.73. The first kappa shape index (κ1) is 18.4. The summed E-state index contributed by atoms with van der Waals surface area (Å²) >= 11 is 0. The molecule has 0 bridgehead atoms. The van der Waals surface area contributed by atoms with E-state index in [0.717, 1.165) is 55.6 Å². The van der Waals surface area contributed by atoms with Crippen molar-refractivity contribution in [2.45, 2.75) is 57.4 Å². The Hall–Kier alpha value is -2.60. The van der Waals surface area contributed by atoms with E-state index in [1.165, 1.54) is 24.1 Å². The molecule has 0 saturated carbocycles. The average Bonchev–Trinajstić information content (AvgIpc) is 3.34. The molecule has 1 aromatic carbocycles. The molecule has 1 fully saturated rings. The highest BCUT2D eigenvalue weighted by Gasteiger charge is 2.43. The van der Waals surface area contributed by atoms with E-state index in [1.54, 1.807) is 0 Å². The molecule has 1 spiro atoms. The largest absolute Gasteiger partial charge is 0.339 e. The minimum absolute atomic E-state index is 0.116. The summed E-state index contributed by atoms with van der Waals surface area (Å²) in [5.74, 6) is 2.61. The maximum Gasteiger partial charge on any atom is 0.229 e. The Morgan fingerprint density at radius 3 is 2.79 bits per heavy atom. The van der Waals surface area contributed by atoms with E-state index < -0.39 is 0 Å². The number of rotatable bonds is 4. The first-order valence-electron chi connectivity index (χ1n) is 10.6. The van der Waals surface area contributed by atoms with E-state index in [9.17, 15) is 0 Å². The van der Waals surface area contributed by atoms with Crippen LogP contribution in [0.1, 0.15) is 62.0 Å². The quantitative estimate of drug-likeness (QED) is 0.668. The Balaban J connectivity index is 1.40. The zero-order valence-corrected chi connectivity index (χ0v) is 17.1. The van der Waals surface area contributed by atoms with Gasteiger partial charge in [0.1, 0.15) is 0 Å². The molecule has 3 heterocycles. The summed E-state index contributed by atoms with van der Waals surface area (Å²) in [6.45, 7) is 6.96. The van der Waals surface area contributed by atoms with Crippen LogP contribution in [0.25, 0.3) is 11.4 Å². The molecule has 1 saturated heterocycles. The molecule has 1 unspecified atom stereocenters. The van der Waals surface area contributed by atoms with Gasteiger partial charge in [-0.15, -0.1) is 0 Å². The highest BCUT2D eigenvalue weighted by atomic mass is 16.5. The lowest BCUT2D eigenvalue weighted by Gasteiger charge is -2.40. The Morgan fingerprint density at radius 2 is 2.00 bits per heavy atom. The fraction of sp³-hybridized carbons (Fsp3) is 0.478. The van der Waals surface area contributed by atoms with Gasteiger partial charge >= 0.3 is 0 Å². The average molecular weight is 390 g/mol. The Morgan fingerprint density at radius 1 is 1.14 bits per heavy atom. The van der Waals surface area contributed by atoms with Gasteiger partial charge in [-0.25, -0.2) is 9.97 Å². The molecule has 1 aliphatic carbocycles. The van der Waals surface area contributed by atoms with Crippen LogP contribution in [0.4, 0.5) is 0 Å². The molecule has 6 nitrogen and oxygen atoms in total. The van der Waals surface area contributed by atoms with Crippen LogP contribution in [0, 0.1) is 0 Å². The second kappa shape index (κ2) is 7.34. The number of nitrogens with zero attached hydrogens (tertiary/aromatic N) is 5. The molecule has 0 amide bonds. The van der Waals surface area contributed by atoms with Crippen molar-refractivity contribution in [1.29, 1.82) is 0 Å². The number of benzene rings is 1. The normalized spacial score (nSPS) is 21.8. The van der Waals surface area contributed by atoms with Gasteiger partial charge in [-0.3, -0.25) is 4.90 Å². The highest BCUT2D eigenvalue weighted by Crippen LogP contribution is 2.44. The molecule has 0 N–H and O–H groups in total. The van der Waals surface area contributed by atoms with Gasteiger partial charge in [-0.1, -0.05) is 49.3 Å². The summed E-state index contributed by atoms with van der Waals surface area (Å²) in [7, 11) is 0. The van der Waals surface area contributed by atoms with Crippen LogP contribution in [-0.2, 0) is 18.4 Å². The van der Waals surface area contributed by atoms with Gasteiger partial charge in [0.15, 0.2) is 11.6 Å². The number of aromatic nitrogens is 4. The SMILES string of the molecule is CC(C)c1nc(CN2CCCC3(CCc4cnc(-c5ccccc5)nc43)C2)no1. The summed E-state index contributed by atoms with van der Waals surface area (Å²) in [5.41, 5.74) is 3.77. The second-order valence-corrected chi connectivity index (χ2v) is 8.73. The molecular formula is C23H27N5O. The first-order chi connectivity index (χ1) is 14.1. The number of fused-ring (bicyclic) bond motifs is 2. The van der Waals surface area contributed by atoms with E-state index in [4.69, 9.17) is 9.51 Å². The van der Waals surface area contributed by atoms with Gasteiger partial charge in [0, 0.05) is 29.6 Å². The van der Waals surface area contributed by atoms with Crippen molar-refractivity contribution < 1.29 is 4.52 Å². The maximum absolute atomic E-state index is 5.40. The summed E-state index contributed by atoms with van der Waals surface area (Å²) < 4.78 is 5.40. The zero-order valence-electron chi connectivity index (χ0n) is 17.1. The molecule has 6 heteroatoms. The summed E-state index contributed by atoms with van der Waals surface area (Å²) in [4.78, 5) is 16.8.